The van der Waals surface area contributed by atoms with Gasteiger partial charge in [0.2, 0.25) is 5.95 Å². The summed E-state index contributed by atoms with van der Waals surface area (Å²) in [4.78, 5) is 23.0. The fraction of sp³-hybridized carbons (Fsp3) is 0.312. The maximum Gasteiger partial charge on any atom is 0.274 e. The third-order valence-corrected chi connectivity index (χ3v) is 3.97. The fourth-order valence-electron chi connectivity index (χ4n) is 2.48. The Morgan fingerprint density at radius 1 is 1.30 bits per heavy atom. The van der Waals surface area contributed by atoms with Gasteiger partial charge < -0.3 is 15.0 Å². The number of rotatable bonds is 4. The van der Waals surface area contributed by atoms with E-state index in [1.165, 1.54) is 0 Å². The molecule has 1 amide bonds. The van der Waals surface area contributed by atoms with E-state index in [0.717, 1.165) is 25.9 Å². The number of aromatic nitrogens is 2. The van der Waals surface area contributed by atoms with Crippen LogP contribution in [0.1, 0.15) is 23.3 Å². The number of hydrogen-bond acceptors (Lipinski definition) is 5. The minimum atomic E-state index is -0.297. The van der Waals surface area contributed by atoms with Gasteiger partial charge in [0.05, 0.1) is 12.1 Å². The van der Waals surface area contributed by atoms with Crippen LogP contribution in [0.4, 0.5) is 11.6 Å². The molecule has 0 bridgehead atoms. The Kier molecular flexibility index (Phi) is 4.62. The predicted octanol–water partition coefficient (Wildman–Crippen LogP) is 2.99. The topological polar surface area (TPSA) is 67.3 Å². The van der Waals surface area contributed by atoms with Gasteiger partial charge in [0.1, 0.15) is 11.4 Å². The third-order valence-electron chi connectivity index (χ3n) is 3.67. The Labute approximate surface area is 139 Å². The zero-order valence-corrected chi connectivity index (χ0v) is 13.5. The normalized spacial score (nSPS) is 13.9. The van der Waals surface area contributed by atoms with Crippen molar-refractivity contribution in [2.45, 2.75) is 12.8 Å². The molecule has 0 radical (unpaired) electrons. The first-order chi connectivity index (χ1) is 11.2. The van der Waals surface area contributed by atoms with E-state index >= 15 is 0 Å². The summed E-state index contributed by atoms with van der Waals surface area (Å²) in [7, 11) is 1.54. The van der Waals surface area contributed by atoms with Gasteiger partial charge in [-0.2, -0.15) is 0 Å². The molecule has 1 aliphatic rings. The van der Waals surface area contributed by atoms with Gasteiger partial charge in [0.25, 0.3) is 5.91 Å². The molecule has 2 aromatic rings. The lowest BCUT2D eigenvalue weighted by molar-refractivity contribution is 0.102. The zero-order chi connectivity index (χ0) is 16.2. The number of hydrogen-bond donors (Lipinski definition) is 1. The van der Waals surface area contributed by atoms with Crippen LogP contribution >= 0.6 is 11.6 Å². The molecule has 0 unspecified atom stereocenters. The summed E-state index contributed by atoms with van der Waals surface area (Å²) in [5.41, 5.74) is 0.913. The lowest BCUT2D eigenvalue weighted by Gasteiger charge is -2.15. The molecule has 0 aliphatic carbocycles. The first kappa shape index (κ1) is 15.6. The monoisotopic (exact) mass is 332 g/mol. The Morgan fingerprint density at radius 3 is 2.78 bits per heavy atom. The minimum absolute atomic E-state index is 0.297. The Hall–Kier alpha value is -2.34. The van der Waals surface area contributed by atoms with Crippen molar-refractivity contribution in [3.05, 3.63) is 41.2 Å². The number of nitrogens with one attached hydrogen (secondary N) is 1. The van der Waals surface area contributed by atoms with E-state index in [2.05, 4.69) is 20.2 Å². The van der Waals surface area contributed by atoms with Crippen molar-refractivity contribution in [2.24, 2.45) is 0 Å². The molecule has 0 spiro atoms. The van der Waals surface area contributed by atoms with E-state index < -0.39 is 0 Å². The van der Waals surface area contributed by atoms with E-state index in [1.807, 2.05) is 0 Å². The second kappa shape index (κ2) is 6.83. The van der Waals surface area contributed by atoms with E-state index in [0.29, 0.717) is 28.1 Å². The predicted molar refractivity (Wildman–Crippen MR) is 89.4 cm³/mol. The van der Waals surface area contributed by atoms with Crippen LogP contribution in [0.15, 0.2) is 30.5 Å². The van der Waals surface area contributed by atoms with Crippen LogP contribution in [0.2, 0.25) is 5.02 Å². The lowest BCUT2D eigenvalue weighted by atomic mass is 10.3. The number of anilines is 2. The Morgan fingerprint density at radius 2 is 2.09 bits per heavy atom. The third kappa shape index (κ3) is 3.53. The average molecular weight is 333 g/mol. The number of carbonyl (C=O) groups is 1. The number of benzene rings is 1. The van der Waals surface area contributed by atoms with Crippen LogP contribution in [-0.2, 0) is 0 Å². The molecule has 1 N–H and O–H groups in total. The summed E-state index contributed by atoms with van der Waals surface area (Å²) < 4.78 is 5.09. The van der Waals surface area contributed by atoms with Gasteiger partial charge in [-0.1, -0.05) is 11.6 Å². The average Bonchev–Trinajstić information content (AvgIpc) is 3.10. The van der Waals surface area contributed by atoms with Crippen LogP contribution in [0.5, 0.6) is 5.75 Å². The molecule has 120 valence electrons. The van der Waals surface area contributed by atoms with E-state index in [-0.39, 0.29) is 5.91 Å². The van der Waals surface area contributed by atoms with Gasteiger partial charge in [-0.05, 0) is 37.1 Å². The standard InChI is InChI=1S/C16H17ClN4O2/c1-23-14-5-4-11(10-12(14)17)19-15(22)13-6-7-18-16(20-13)21-8-2-3-9-21/h4-7,10H,2-3,8-9H2,1H3,(H,19,22). The first-order valence-corrected chi connectivity index (χ1v) is 7.78. The summed E-state index contributed by atoms with van der Waals surface area (Å²) in [5.74, 6) is 0.861. The van der Waals surface area contributed by atoms with E-state index in [4.69, 9.17) is 16.3 Å². The highest BCUT2D eigenvalue weighted by Gasteiger charge is 2.17. The van der Waals surface area contributed by atoms with Crippen molar-refractivity contribution in [1.29, 1.82) is 0 Å². The van der Waals surface area contributed by atoms with Gasteiger partial charge in [0, 0.05) is 25.0 Å². The molecular formula is C16H17ClN4O2. The second-order valence-electron chi connectivity index (χ2n) is 5.24. The van der Waals surface area contributed by atoms with Gasteiger partial charge >= 0.3 is 0 Å². The summed E-state index contributed by atoms with van der Waals surface area (Å²) in [6, 6.07) is 6.67. The molecule has 0 saturated carbocycles. The van der Waals surface area contributed by atoms with Gasteiger partial charge in [0.15, 0.2) is 0 Å². The number of ether oxygens (including phenoxy) is 1. The van der Waals surface area contributed by atoms with Gasteiger partial charge in [-0.25, -0.2) is 9.97 Å². The van der Waals surface area contributed by atoms with Crippen molar-refractivity contribution in [3.63, 3.8) is 0 Å². The molecular weight excluding hydrogens is 316 g/mol. The summed E-state index contributed by atoms with van der Waals surface area (Å²) in [6.07, 6.45) is 3.87. The van der Waals surface area contributed by atoms with E-state index in [1.54, 1.807) is 37.6 Å². The number of halogens is 1. The van der Waals surface area contributed by atoms with Crippen molar-refractivity contribution >= 4 is 29.1 Å². The number of methoxy groups -OCH3 is 1. The van der Waals surface area contributed by atoms with Crippen molar-refractivity contribution < 1.29 is 9.53 Å². The fourth-order valence-corrected chi connectivity index (χ4v) is 2.74. The number of amides is 1. The van der Waals surface area contributed by atoms with Crippen molar-refractivity contribution in [2.75, 3.05) is 30.4 Å². The van der Waals surface area contributed by atoms with Crippen LogP contribution in [0.25, 0.3) is 0 Å². The van der Waals surface area contributed by atoms with Crippen molar-refractivity contribution in [1.82, 2.24) is 9.97 Å². The first-order valence-electron chi connectivity index (χ1n) is 7.40. The molecule has 1 saturated heterocycles. The lowest BCUT2D eigenvalue weighted by Crippen LogP contribution is -2.22. The van der Waals surface area contributed by atoms with E-state index in [9.17, 15) is 4.79 Å². The zero-order valence-electron chi connectivity index (χ0n) is 12.8. The van der Waals surface area contributed by atoms with Crippen molar-refractivity contribution in [3.8, 4) is 5.75 Å². The number of nitrogens with zero attached hydrogens (tertiary/aromatic N) is 3. The SMILES string of the molecule is COc1ccc(NC(=O)c2ccnc(N3CCCC3)n2)cc1Cl. The maximum atomic E-state index is 12.4. The highest BCUT2D eigenvalue weighted by atomic mass is 35.5. The highest BCUT2D eigenvalue weighted by Crippen LogP contribution is 2.27. The maximum absolute atomic E-state index is 12.4. The van der Waals surface area contributed by atoms with Crippen LogP contribution in [-0.4, -0.2) is 36.1 Å². The van der Waals surface area contributed by atoms with Gasteiger partial charge in [-0.15, -0.1) is 0 Å². The summed E-state index contributed by atoms with van der Waals surface area (Å²) in [6.45, 7) is 1.86. The molecule has 6 nitrogen and oxygen atoms in total. The Balaban J connectivity index is 1.75. The quantitative estimate of drug-likeness (QED) is 0.932. The molecule has 1 aromatic carbocycles. The highest BCUT2D eigenvalue weighted by molar-refractivity contribution is 6.32. The molecule has 2 heterocycles. The molecule has 1 fully saturated rings. The largest absolute Gasteiger partial charge is 0.495 e. The van der Waals surface area contributed by atoms with Gasteiger partial charge in [-0.3, -0.25) is 4.79 Å². The van der Waals surface area contributed by atoms with Crippen LogP contribution in [0.3, 0.4) is 0 Å². The smallest absolute Gasteiger partial charge is 0.274 e. The molecule has 1 aromatic heterocycles. The number of carbonyl (C=O) groups excluding carboxylic acids is 1. The minimum Gasteiger partial charge on any atom is -0.495 e. The summed E-state index contributed by atoms with van der Waals surface area (Å²) >= 11 is 6.06. The Bertz CT molecular complexity index is 717. The molecule has 0 atom stereocenters. The molecule has 1 aliphatic heterocycles. The second-order valence-corrected chi connectivity index (χ2v) is 5.65. The summed E-state index contributed by atoms with van der Waals surface area (Å²) in [5, 5.41) is 3.22. The van der Waals surface area contributed by atoms with Crippen LogP contribution in [0, 0.1) is 0 Å². The molecule has 3 rings (SSSR count). The van der Waals surface area contributed by atoms with Crippen LogP contribution < -0.4 is 15.0 Å². The molecule has 23 heavy (non-hydrogen) atoms. The molecule has 7 heteroatoms.